The zero-order valence-electron chi connectivity index (χ0n) is 19.0. The summed E-state index contributed by atoms with van der Waals surface area (Å²) < 4.78 is 0. The average molecular weight is 478 g/mol. The summed E-state index contributed by atoms with van der Waals surface area (Å²) in [6.45, 7) is 2.16. The SMILES string of the molecule is N#Cc1c(-c2cccc(O)c2)nc2n[nH]c(-c3cccs3)c2c1-c1ccc(N2CCCCC2)cc1. The van der Waals surface area contributed by atoms with Crippen LogP contribution in [0.1, 0.15) is 24.8 Å². The average Bonchev–Trinajstić information content (AvgIpc) is 3.58. The molecule has 2 N–H and O–H groups in total. The van der Waals surface area contributed by atoms with Gasteiger partial charge in [0.2, 0.25) is 0 Å². The second-order valence-corrected chi connectivity index (χ2v) is 9.69. The number of H-pyrrole nitrogens is 1. The molecule has 0 saturated carbocycles. The summed E-state index contributed by atoms with van der Waals surface area (Å²) in [6.07, 6.45) is 3.73. The van der Waals surface area contributed by atoms with E-state index in [1.165, 1.54) is 24.9 Å². The Balaban J connectivity index is 1.60. The standard InChI is InChI=1S/C28H23N5OS/c29-17-22-24(18-9-11-20(12-10-18)33-13-2-1-3-14-33)25-27(23-8-5-15-35-23)31-32-28(25)30-26(22)19-6-4-7-21(34)16-19/h4-12,15-16,34H,1-3,13-14H2,(H,30,31,32). The van der Waals surface area contributed by atoms with Crippen LogP contribution in [0.2, 0.25) is 0 Å². The second kappa shape index (κ2) is 8.90. The number of nitrogens with zero attached hydrogens (tertiary/aromatic N) is 4. The topological polar surface area (TPSA) is 88.8 Å². The molecule has 2 aromatic carbocycles. The Morgan fingerprint density at radius 2 is 1.80 bits per heavy atom. The lowest BCUT2D eigenvalue weighted by atomic mass is 9.92. The molecular weight excluding hydrogens is 454 g/mol. The van der Waals surface area contributed by atoms with E-state index < -0.39 is 0 Å². The van der Waals surface area contributed by atoms with E-state index >= 15 is 0 Å². The fraction of sp³-hybridized carbons (Fsp3) is 0.179. The summed E-state index contributed by atoms with van der Waals surface area (Å²) in [4.78, 5) is 8.25. The molecule has 6 nitrogen and oxygen atoms in total. The van der Waals surface area contributed by atoms with Crippen molar-refractivity contribution in [3.05, 3.63) is 71.6 Å². The second-order valence-electron chi connectivity index (χ2n) is 8.74. The van der Waals surface area contributed by atoms with Gasteiger partial charge in [-0.3, -0.25) is 5.10 Å². The molecule has 7 heteroatoms. The van der Waals surface area contributed by atoms with Crippen molar-refractivity contribution in [2.45, 2.75) is 19.3 Å². The minimum atomic E-state index is 0.127. The van der Waals surface area contributed by atoms with Gasteiger partial charge < -0.3 is 10.0 Å². The van der Waals surface area contributed by atoms with Crippen molar-refractivity contribution in [1.82, 2.24) is 15.2 Å². The number of hydrogen-bond donors (Lipinski definition) is 2. The molecule has 0 unspecified atom stereocenters. The number of aromatic amines is 1. The highest BCUT2D eigenvalue weighted by Crippen LogP contribution is 2.42. The molecule has 1 aliphatic heterocycles. The molecule has 6 rings (SSSR count). The van der Waals surface area contributed by atoms with Crippen molar-refractivity contribution in [2.24, 2.45) is 0 Å². The fourth-order valence-corrected chi connectivity index (χ4v) is 5.63. The summed E-state index contributed by atoms with van der Waals surface area (Å²) in [5, 5.41) is 31.0. The number of fused-ring (bicyclic) bond motifs is 1. The van der Waals surface area contributed by atoms with Crippen LogP contribution in [0.3, 0.4) is 0 Å². The summed E-state index contributed by atoms with van der Waals surface area (Å²) >= 11 is 1.61. The molecule has 0 spiro atoms. The lowest BCUT2D eigenvalue weighted by Crippen LogP contribution is -2.29. The number of rotatable bonds is 4. The minimum Gasteiger partial charge on any atom is -0.508 e. The van der Waals surface area contributed by atoms with Gasteiger partial charge in [-0.15, -0.1) is 11.3 Å². The molecular formula is C28H23N5OS. The maximum Gasteiger partial charge on any atom is 0.182 e. The lowest BCUT2D eigenvalue weighted by Gasteiger charge is -2.29. The largest absolute Gasteiger partial charge is 0.508 e. The van der Waals surface area contributed by atoms with Gasteiger partial charge in [0.1, 0.15) is 11.8 Å². The van der Waals surface area contributed by atoms with E-state index in [0.29, 0.717) is 22.5 Å². The number of benzene rings is 2. The van der Waals surface area contributed by atoms with Crippen LogP contribution in [0.4, 0.5) is 5.69 Å². The van der Waals surface area contributed by atoms with Crippen LogP contribution in [-0.2, 0) is 0 Å². The number of nitrogens with one attached hydrogen (secondary N) is 1. The number of phenols is 1. The predicted molar refractivity (Wildman–Crippen MR) is 141 cm³/mol. The molecule has 0 amide bonds. The Hall–Kier alpha value is -4.15. The van der Waals surface area contributed by atoms with Crippen molar-refractivity contribution in [1.29, 1.82) is 5.26 Å². The van der Waals surface area contributed by atoms with Gasteiger partial charge in [-0.2, -0.15) is 10.4 Å². The molecule has 172 valence electrons. The van der Waals surface area contributed by atoms with E-state index in [1.807, 2.05) is 23.6 Å². The first-order valence-electron chi connectivity index (χ1n) is 11.7. The van der Waals surface area contributed by atoms with E-state index in [-0.39, 0.29) is 5.75 Å². The van der Waals surface area contributed by atoms with Crippen LogP contribution < -0.4 is 4.90 Å². The first-order chi connectivity index (χ1) is 17.2. The number of thiophene rings is 1. The maximum atomic E-state index is 10.4. The van der Waals surface area contributed by atoms with E-state index in [9.17, 15) is 10.4 Å². The van der Waals surface area contributed by atoms with Crippen LogP contribution in [0.25, 0.3) is 44.0 Å². The quantitative estimate of drug-likeness (QED) is 0.305. The molecule has 1 fully saturated rings. The molecule has 0 atom stereocenters. The third-order valence-corrected chi connectivity index (χ3v) is 7.47. The zero-order chi connectivity index (χ0) is 23.8. The Labute approximate surface area is 207 Å². The lowest BCUT2D eigenvalue weighted by molar-refractivity contribution is 0.475. The fourth-order valence-electron chi connectivity index (χ4n) is 4.91. The summed E-state index contributed by atoms with van der Waals surface area (Å²) in [7, 11) is 0. The maximum absolute atomic E-state index is 10.4. The van der Waals surface area contributed by atoms with Crippen LogP contribution in [0, 0.1) is 11.3 Å². The Bertz CT molecular complexity index is 1540. The number of aromatic hydroxyl groups is 1. The number of nitriles is 1. The van der Waals surface area contributed by atoms with Gasteiger partial charge >= 0.3 is 0 Å². The number of phenolic OH excluding ortho intramolecular Hbond substituents is 1. The molecule has 0 radical (unpaired) electrons. The van der Waals surface area contributed by atoms with E-state index in [1.54, 1.807) is 29.5 Å². The molecule has 4 heterocycles. The minimum absolute atomic E-state index is 0.127. The molecule has 5 aromatic rings. The molecule has 0 aliphatic carbocycles. The zero-order valence-corrected chi connectivity index (χ0v) is 19.8. The van der Waals surface area contributed by atoms with Gasteiger partial charge in [-0.1, -0.05) is 30.3 Å². The highest BCUT2D eigenvalue weighted by molar-refractivity contribution is 7.13. The van der Waals surface area contributed by atoms with Crippen molar-refractivity contribution in [3.63, 3.8) is 0 Å². The first kappa shape index (κ1) is 21.4. The summed E-state index contributed by atoms with van der Waals surface area (Å²) in [6, 6.07) is 21.8. The monoisotopic (exact) mass is 477 g/mol. The molecule has 35 heavy (non-hydrogen) atoms. The predicted octanol–water partition coefficient (Wildman–Crippen LogP) is 6.59. The third kappa shape index (κ3) is 3.82. The normalized spacial score (nSPS) is 13.7. The number of pyridine rings is 1. The van der Waals surface area contributed by atoms with E-state index in [0.717, 1.165) is 40.2 Å². The van der Waals surface area contributed by atoms with Crippen molar-refractivity contribution < 1.29 is 5.11 Å². The van der Waals surface area contributed by atoms with Gasteiger partial charge in [0.15, 0.2) is 5.65 Å². The van der Waals surface area contributed by atoms with E-state index in [2.05, 4.69) is 45.4 Å². The number of anilines is 1. The summed E-state index contributed by atoms with van der Waals surface area (Å²) in [5.41, 5.74) is 6.00. The van der Waals surface area contributed by atoms with Crippen molar-refractivity contribution in [3.8, 4) is 44.8 Å². The smallest absolute Gasteiger partial charge is 0.182 e. The molecule has 1 saturated heterocycles. The Morgan fingerprint density at radius 1 is 0.971 bits per heavy atom. The highest BCUT2D eigenvalue weighted by Gasteiger charge is 2.23. The van der Waals surface area contributed by atoms with E-state index in [4.69, 9.17) is 4.98 Å². The van der Waals surface area contributed by atoms with Gasteiger partial charge in [-0.25, -0.2) is 4.98 Å². The van der Waals surface area contributed by atoms with Gasteiger partial charge in [-0.05, 0) is 60.5 Å². The Kier molecular flexibility index (Phi) is 5.44. The van der Waals surface area contributed by atoms with Crippen molar-refractivity contribution in [2.75, 3.05) is 18.0 Å². The third-order valence-electron chi connectivity index (χ3n) is 6.58. The Morgan fingerprint density at radius 3 is 2.51 bits per heavy atom. The van der Waals surface area contributed by atoms with Gasteiger partial charge in [0.05, 0.1) is 27.2 Å². The molecule has 1 aliphatic rings. The molecule has 3 aromatic heterocycles. The van der Waals surface area contributed by atoms with Crippen LogP contribution >= 0.6 is 11.3 Å². The van der Waals surface area contributed by atoms with Gasteiger partial charge in [0, 0.05) is 29.9 Å². The number of hydrogen-bond acceptors (Lipinski definition) is 6. The number of piperidine rings is 1. The van der Waals surface area contributed by atoms with Crippen LogP contribution in [0.5, 0.6) is 5.75 Å². The van der Waals surface area contributed by atoms with Crippen LogP contribution in [0.15, 0.2) is 66.0 Å². The van der Waals surface area contributed by atoms with Gasteiger partial charge in [0.25, 0.3) is 0 Å². The first-order valence-corrected chi connectivity index (χ1v) is 12.6. The number of aromatic nitrogens is 3. The summed E-state index contributed by atoms with van der Waals surface area (Å²) in [5.74, 6) is 0.127. The highest BCUT2D eigenvalue weighted by atomic mass is 32.1. The van der Waals surface area contributed by atoms with Crippen molar-refractivity contribution >= 4 is 28.1 Å². The molecule has 0 bridgehead atoms. The van der Waals surface area contributed by atoms with Crippen LogP contribution in [-0.4, -0.2) is 33.4 Å².